The molecule has 9 nitrogen and oxygen atoms in total. The van der Waals surface area contributed by atoms with Gasteiger partial charge in [-0.15, -0.1) is 5.11 Å². The number of esters is 1. The fraction of sp³-hybridized carbons (Fsp3) is 0.333. The standard InChI is InChI=1S/C15H16N3O6P/c1-4-24-13(19)11-12(25(21,22-2)23-3)17-18-15(11)9-7-5-6-8-10(9)16-14(15)20/h5-8H,4H2,1-3H3,(H,16,20). The minimum Gasteiger partial charge on any atom is -0.462 e. The van der Waals surface area contributed by atoms with Crippen LogP contribution in [0.2, 0.25) is 0 Å². The van der Waals surface area contributed by atoms with Crippen molar-refractivity contribution in [3.63, 3.8) is 0 Å². The first-order valence-corrected chi connectivity index (χ1v) is 8.96. The van der Waals surface area contributed by atoms with Crippen LogP contribution in [-0.2, 0) is 33.5 Å². The average molecular weight is 365 g/mol. The minimum atomic E-state index is -3.94. The van der Waals surface area contributed by atoms with Crippen LogP contribution in [0, 0.1) is 0 Å². The van der Waals surface area contributed by atoms with Crippen LogP contribution < -0.4 is 5.32 Å². The van der Waals surface area contributed by atoms with Crippen molar-refractivity contribution in [3.8, 4) is 0 Å². The molecule has 1 N–H and O–H groups in total. The van der Waals surface area contributed by atoms with Crippen LogP contribution in [-0.4, -0.2) is 32.7 Å². The van der Waals surface area contributed by atoms with E-state index in [-0.39, 0.29) is 17.6 Å². The molecule has 1 spiro atoms. The number of nitrogens with zero attached hydrogens (tertiary/aromatic N) is 2. The Morgan fingerprint density at radius 1 is 1.28 bits per heavy atom. The number of benzene rings is 1. The third-order valence-corrected chi connectivity index (χ3v) is 5.79. The Morgan fingerprint density at radius 2 is 1.96 bits per heavy atom. The van der Waals surface area contributed by atoms with E-state index in [0.717, 1.165) is 14.2 Å². The summed E-state index contributed by atoms with van der Waals surface area (Å²) in [5.74, 6) is -1.45. The minimum absolute atomic E-state index is 0.0548. The molecule has 2 aliphatic heterocycles. The molecular formula is C15H16N3O6P. The number of anilines is 1. The van der Waals surface area contributed by atoms with Crippen LogP contribution in [0.15, 0.2) is 45.5 Å². The maximum absolute atomic E-state index is 12.8. The van der Waals surface area contributed by atoms with Crippen molar-refractivity contribution in [1.82, 2.24) is 0 Å². The summed E-state index contributed by atoms with van der Waals surface area (Å²) in [5, 5.41) is 10.5. The lowest BCUT2D eigenvalue weighted by atomic mass is 9.85. The highest BCUT2D eigenvalue weighted by atomic mass is 31.2. The van der Waals surface area contributed by atoms with Crippen molar-refractivity contribution in [2.75, 3.05) is 26.1 Å². The van der Waals surface area contributed by atoms with E-state index in [9.17, 15) is 14.2 Å². The van der Waals surface area contributed by atoms with Crippen molar-refractivity contribution in [1.29, 1.82) is 0 Å². The lowest BCUT2D eigenvalue weighted by molar-refractivity contribution is -0.140. The van der Waals surface area contributed by atoms with Gasteiger partial charge in [-0.3, -0.25) is 9.36 Å². The fourth-order valence-electron chi connectivity index (χ4n) is 2.86. The van der Waals surface area contributed by atoms with Crippen LogP contribution in [0.4, 0.5) is 5.69 Å². The second kappa shape index (κ2) is 6.18. The quantitative estimate of drug-likeness (QED) is 0.633. The Labute approximate surface area is 143 Å². The van der Waals surface area contributed by atoms with E-state index >= 15 is 0 Å². The van der Waals surface area contributed by atoms with Gasteiger partial charge >= 0.3 is 13.6 Å². The van der Waals surface area contributed by atoms with Gasteiger partial charge in [-0.05, 0) is 13.0 Å². The van der Waals surface area contributed by atoms with Crippen molar-refractivity contribution in [3.05, 3.63) is 40.8 Å². The zero-order chi connectivity index (χ0) is 18.2. The Morgan fingerprint density at radius 3 is 2.60 bits per heavy atom. The molecule has 0 aromatic heterocycles. The number of azo groups is 1. The molecule has 0 saturated carbocycles. The highest BCUT2D eigenvalue weighted by molar-refractivity contribution is 7.58. The van der Waals surface area contributed by atoms with Gasteiger partial charge in [0.25, 0.3) is 5.91 Å². The van der Waals surface area contributed by atoms with Crippen molar-refractivity contribution in [2.24, 2.45) is 10.2 Å². The number of rotatable bonds is 5. The summed E-state index contributed by atoms with van der Waals surface area (Å²) in [5.41, 5.74) is -1.46. The maximum atomic E-state index is 12.8. The Hall–Kier alpha value is -2.35. The Kier molecular flexibility index (Phi) is 4.32. The summed E-state index contributed by atoms with van der Waals surface area (Å²) < 4.78 is 27.8. The van der Waals surface area contributed by atoms with Gasteiger partial charge in [0.2, 0.25) is 5.54 Å². The van der Waals surface area contributed by atoms with Gasteiger partial charge in [-0.2, -0.15) is 5.11 Å². The number of hydrogen-bond donors (Lipinski definition) is 1. The fourth-order valence-corrected chi connectivity index (χ4v) is 4.03. The second-order valence-corrected chi connectivity index (χ2v) is 7.34. The summed E-state index contributed by atoms with van der Waals surface area (Å²) >= 11 is 0. The number of carbonyl (C=O) groups is 2. The molecule has 0 fully saturated rings. The number of fused-ring (bicyclic) bond motifs is 2. The van der Waals surface area contributed by atoms with E-state index in [1.165, 1.54) is 0 Å². The van der Waals surface area contributed by atoms with E-state index in [1.807, 2.05) is 0 Å². The van der Waals surface area contributed by atoms with Gasteiger partial charge in [0.15, 0.2) is 5.44 Å². The van der Waals surface area contributed by atoms with Crippen LogP contribution in [0.25, 0.3) is 0 Å². The largest absolute Gasteiger partial charge is 0.462 e. The maximum Gasteiger partial charge on any atom is 0.381 e. The number of para-hydroxylation sites is 1. The molecular weight excluding hydrogens is 349 g/mol. The van der Waals surface area contributed by atoms with Crippen molar-refractivity contribution >= 4 is 25.2 Å². The molecule has 10 heteroatoms. The Bertz CT molecular complexity index is 857. The molecule has 2 heterocycles. The van der Waals surface area contributed by atoms with E-state index in [2.05, 4.69) is 15.5 Å². The lowest BCUT2D eigenvalue weighted by Crippen LogP contribution is -2.37. The topological polar surface area (TPSA) is 116 Å². The molecule has 3 rings (SSSR count). The van der Waals surface area contributed by atoms with E-state index < -0.39 is 25.0 Å². The average Bonchev–Trinajstić information content (AvgIpc) is 3.15. The summed E-state index contributed by atoms with van der Waals surface area (Å²) in [6, 6.07) is 6.74. The summed E-state index contributed by atoms with van der Waals surface area (Å²) in [6.07, 6.45) is 0. The smallest absolute Gasteiger partial charge is 0.381 e. The molecule has 0 aliphatic carbocycles. The van der Waals surface area contributed by atoms with E-state index in [0.29, 0.717) is 11.3 Å². The third-order valence-electron chi connectivity index (χ3n) is 3.99. The first kappa shape index (κ1) is 17.5. The number of carbonyl (C=O) groups excluding carboxylic acids is 2. The molecule has 0 saturated heterocycles. The normalized spacial score (nSPS) is 21.6. The van der Waals surface area contributed by atoms with Crippen LogP contribution in [0.1, 0.15) is 12.5 Å². The number of hydrogen-bond acceptors (Lipinski definition) is 8. The molecule has 1 atom stereocenters. The molecule has 0 radical (unpaired) electrons. The van der Waals surface area contributed by atoms with Gasteiger partial charge in [-0.1, -0.05) is 18.2 Å². The first-order chi connectivity index (χ1) is 11.9. The van der Waals surface area contributed by atoms with Gasteiger partial charge in [0, 0.05) is 25.5 Å². The van der Waals surface area contributed by atoms with Crippen LogP contribution >= 0.6 is 7.60 Å². The van der Waals surface area contributed by atoms with E-state index in [1.54, 1.807) is 31.2 Å². The summed E-state index contributed by atoms with van der Waals surface area (Å²) in [4.78, 5) is 25.4. The third kappa shape index (κ3) is 2.35. The van der Waals surface area contributed by atoms with Crippen LogP contribution in [0.3, 0.4) is 0 Å². The second-order valence-electron chi connectivity index (χ2n) is 5.19. The molecule has 2 aliphatic rings. The van der Waals surface area contributed by atoms with Gasteiger partial charge in [-0.25, -0.2) is 4.79 Å². The van der Waals surface area contributed by atoms with Gasteiger partial charge < -0.3 is 19.1 Å². The predicted octanol–water partition coefficient (Wildman–Crippen LogP) is 2.56. The van der Waals surface area contributed by atoms with Crippen LogP contribution in [0.5, 0.6) is 0 Å². The molecule has 1 aromatic carbocycles. The highest BCUT2D eigenvalue weighted by Gasteiger charge is 2.60. The monoisotopic (exact) mass is 365 g/mol. The number of nitrogens with one attached hydrogen (secondary N) is 1. The van der Waals surface area contributed by atoms with Crippen molar-refractivity contribution < 1.29 is 27.9 Å². The summed E-state index contributed by atoms with van der Waals surface area (Å²) in [7, 11) is -1.63. The van der Waals surface area contributed by atoms with Gasteiger partial charge in [0.05, 0.1) is 6.61 Å². The highest BCUT2D eigenvalue weighted by Crippen LogP contribution is 2.62. The molecule has 0 bridgehead atoms. The molecule has 1 aromatic rings. The molecule has 1 amide bonds. The zero-order valence-corrected chi connectivity index (χ0v) is 14.7. The molecule has 25 heavy (non-hydrogen) atoms. The molecule has 1 unspecified atom stereocenters. The zero-order valence-electron chi connectivity index (χ0n) is 13.8. The number of amides is 1. The Balaban J connectivity index is 2.30. The van der Waals surface area contributed by atoms with E-state index in [4.69, 9.17) is 13.8 Å². The lowest BCUT2D eigenvalue weighted by Gasteiger charge is -2.21. The summed E-state index contributed by atoms with van der Waals surface area (Å²) in [6.45, 7) is 1.67. The first-order valence-electron chi connectivity index (χ1n) is 7.42. The van der Waals surface area contributed by atoms with Gasteiger partial charge in [0.1, 0.15) is 5.57 Å². The van der Waals surface area contributed by atoms with Crippen molar-refractivity contribution in [2.45, 2.75) is 12.5 Å². The molecule has 132 valence electrons. The SMILES string of the molecule is CCOC(=O)C1=C(P(=O)(OC)OC)N=NC12C(=O)Nc1ccccc12. The number of ether oxygens (including phenoxy) is 1. The predicted molar refractivity (Wildman–Crippen MR) is 86.9 cm³/mol.